The van der Waals surface area contributed by atoms with Crippen LogP contribution in [-0.2, 0) is 4.79 Å². The van der Waals surface area contributed by atoms with E-state index in [0.717, 1.165) is 16.0 Å². The molecule has 0 aliphatic rings. The van der Waals surface area contributed by atoms with Crippen LogP contribution in [-0.4, -0.2) is 12.5 Å². The second kappa shape index (κ2) is 8.99. The molecule has 3 rings (SSSR count). The molecule has 3 aromatic rings. The molecular formula is C21H21ClN2OS. The minimum atomic E-state index is -0.132. The largest absolute Gasteiger partial charge is 0.343 e. The molecule has 3 nitrogen and oxygen atoms in total. The minimum absolute atomic E-state index is 0.0383. The monoisotopic (exact) mass is 384 g/mol. The predicted molar refractivity (Wildman–Crippen MR) is 109 cm³/mol. The Bertz CT molecular complexity index is 836. The summed E-state index contributed by atoms with van der Waals surface area (Å²) < 4.78 is 0. The van der Waals surface area contributed by atoms with Crippen LogP contribution in [0.5, 0.6) is 0 Å². The summed E-state index contributed by atoms with van der Waals surface area (Å²) in [6, 6.07) is 21.6. The molecule has 1 aromatic heterocycles. The Morgan fingerprint density at radius 1 is 1.04 bits per heavy atom. The standard InChI is InChI=1S/C21H21ClN2OS/c1-15(17-9-5-10-18(22)13-17)23-14-20(25)24-21(19-11-6-12-26-19)16-7-3-2-4-8-16/h2-13,15,21,23H,14H2,1H3,(H,24,25)/t15-,21+/m1/s1. The Morgan fingerprint density at radius 3 is 2.50 bits per heavy atom. The molecule has 0 spiro atoms. The van der Waals surface area contributed by atoms with E-state index in [9.17, 15) is 4.79 Å². The summed E-state index contributed by atoms with van der Waals surface area (Å²) in [6.45, 7) is 2.26. The van der Waals surface area contributed by atoms with Gasteiger partial charge in [0.1, 0.15) is 0 Å². The highest BCUT2D eigenvalue weighted by molar-refractivity contribution is 7.10. The van der Waals surface area contributed by atoms with E-state index in [0.29, 0.717) is 5.02 Å². The Hall–Kier alpha value is -2.14. The molecule has 0 radical (unpaired) electrons. The van der Waals surface area contributed by atoms with Crippen LogP contribution in [0.2, 0.25) is 5.02 Å². The molecule has 26 heavy (non-hydrogen) atoms. The normalized spacial score (nSPS) is 13.2. The van der Waals surface area contributed by atoms with Crippen molar-refractivity contribution in [3.8, 4) is 0 Å². The number of carbonyl (C=O) groups is 1. The zero-order valence-electron chi connectivity index (χ0n) is 14.5. The summed E-state index contributed by atoms with van der Waals surface area (Å²) in [6.07, 6.45) is 0. The van der Waals surface area contributed by atoms with Gasteiger partial charge < -0.3 is 10.6 Å². The first-order valence-corrected chi connectivity index (χ1v) is 9.76. The lowest BCUT2D eigenvalue weighted by Gasteiger charge is -2.20. The van der Waals surface area contributed by atoms with Crippen LogP contribution in [0.3, 0.4) is 0 Å². The number of hydrogen-bond donors (Lipinski definition) is 2. The van der Waals surface area contributed by atoms with E-state index < -0.39 is 0 Å². The first-order chi connectivity index (χ1) is 12.6. The van der Waals surface area contributed by atoms with Crippen LogP contribution in [0.1, 0.15) is 35.0 Å². The van der Waals surface area contributed by atoms with Gasteiger partial charge in [0.05, 0.1) is 12.6 Å². The quantitative estimate of drug-likeness (QED) is 0.604. The third-order valence-electron chi connectivity index (χ3n) is 4.18. The van der Waals surface area contributed by atoms with Crippen LogP contribution in [0.25, 0.3) is 0 Å². The molecule has 1 heterocycles. The van der Waals surface area contributed by atoms with E-state index in [1.807, 2.05) is 79.0 Å². The van der Waals surface area contributed by atoms with Gasteiger partial charge in [-0.1, -0.05) is 60.1 Å². The molecule has 0 saturated heterocycles. The molecule has 2 atom stereocenters. The van der Waals surface area contributed by atoms with Gasteiger partial charge >= 0.3 is 0 Å². The summed E-state index contributed by atoms with van der Waals surface area (Å²) in [5, 5.41) is 9.12. The molecule has 0 bridgehead atoms. The second-order valence-electron chi connectivity index (χ2n) is 6.08. The van der Waals surface area contributed by atoms with Gasteiger partial charge in [0.2, 0.25) is 5.91 Å². The molecule has 2 N–H and O–H groups in total. The van der Waals surface area contributed by atoms with Crippen LogP contribution in [0.15, 0.2) is 72.1 Å². The number of benzene rings is 2. The van der Waals surface area contributed by atoms with Crippen molar-refractivity contribution in [2.45, 2.75) is 19.0 Å². The first kappa shape index (κ1) is 18.6. The maximum absolute atomic E-state index is 12.5. The minimum Gasteiger partial charge on any atom is -0.343 e. The zero-order chi connectivity index (χ0) is 18.4. The molecule has 134 valence electrons. The van der Waals surface area contributed by atoms with Crippen molar-refractivity contribution in [3.63, 3.8) is 0 Å². The van der Waals surface area contributed by atoms with E-state index in [2.05, 4.69) is 10.6 Å². The fraction of sp³-hybridized carbons (Fsp3) is 0.190. The van der Waals surface area contributed by atoms with Crippen molar-refractivity contribution in [2.75, 3.05) is 6.54 Å². The van der Waals surface area contributed by atoms with Gasteiger partial charge in [-0.3, -0.25) is 4.79 Å². The summed E-state index contributed by atoms with van der Waals surface area (Å²) >= 11 is 7.68. The van der Waals surface area contributed by atoms with E-state index in [1.54, 1.807) is 11.3 Å². The Kier molecular flexibility index (Phi) is 6.45. The number of rotatable bonds is 7. The van der Waals surface area contributed by atoms with Gasteiger partial charge in [0.15, 0.2) is 0 Å². The van der Waals surface area contributed by atoms with Crippen molar-refractivity contribution >= 4 is 28.8 Å². The Labute approximate surface area is 163 Å². The van der Waals surface area contributed by atoms with E-state index in [4.69, 9.17) is 11.6 Å². The van der Waals surface area contributed by atoms with Crippen LogP contribution in [0, 0.1) is 0 Å². The lowest BCUT2D eigenvalue weighted by molar-refractivity contribution is -0.120. The first-order valence-electron chi connectivity index (χ1n) is 8.50. The number of amides is 1. The van der Waals surface area contributed by atoms with E-state index in [-0.39, 0.29) is 24.5 Å². The molecule has 0 aliphatic carbocycles. The third kappa shape index (κ3) is 4.94. The van der Waals surface area contributed by atoms with Gasteiger partial charge in [-0.2, -0.15) is 0 Å². The van der Waals surface area contributed by atoms with Crippen LogP contribution in [0.4, 0.5) is 0 Å². The van der Waals surface area contributed by atoms with Crippen LogP contribution < -0.4 is 10.6 Å². The summed E-state index contributed by atoms with van der Waals surface area (Å²) in [5.41, 5.74) is 2.13. The average Bonchev–Trinajstić information content (AvgIpc) is 3.19. The number of thiophene rings is 1. The predicted octanol–water partition coefficient (Wildman–Crippen LogP) is 4.96. The maximum Gasteiger partial charge on any atom is 0.234 e. The molecular weight excluding hydrogens is 364 g/mol. The molecule has 0 saturated carbocycles. The highest BCUT2D eigenvalue weighted by Crippen LogP contribution is 2.25. The Balaban J connectivity index is 1.63. The summed E-state index contributed by atoms with van der Waals surface area (Å²) in [4.78, 5) is 13.6. The van der Waals surface area contributed by atoms with Gasteiger partial charge in [-0.05, 0) is 41.6 Å². The molecule has 0 fully saturated rings. The van der Waals surface area contributed by atoms with Gasteiger partial charge in [0, 0.05) is 15.9 Å². The van der Waals surface area contributed by atoms with E-state index in [1.165, 1.54) is 0 Å². The van der Waals surface area contributed by atoms with Crippen molar-refractivity contribution in [3.05, 3.63) is 93.1 Å². The summed E-state index contributed by atoms with van der Waals surface area (Å²) in [5.74, 6) is -0.0406. The maximum atomic E-state index is 12.5. The molecule has 2 aromatic carbocycles. The van der Waals surface area contributed by atoms with Crippen molar-refractivity contribution < 1.29 is 4.79 Å². The van der Waals surface area contributed by atoms with E-state index >= 15 is 0 Å². The number of hydrogen-bond acceptors (Lipinski definition) is 3. The van der Waals surface area contributed by atoms with Crippen molar-refractivity contribution in [1.29, 1.82) is 0 Å². The van der Waals surface area contributed by atoms with Crippen molar-refractivity contribution in [2.24, 2.45) is 0 Å². The van der Waals surface area contributed by atoms with Gasteiger partial charge in [-0.25, -0.2) is 0 Å². The highest BCUT2D eigenvalue weighted by Gasteiger charge is 2.18. The Morgan fingerprint density at radius 2 is 1.81 bits per heavy atom. The zero-order valence-corrected chi connectivity index (χ0v) is 16.1. The number of carbonyl (C=O) groups excluding carboxylic acids is 1. The molecule has 0 aliphatic heterocycles. The third-order valence-corrected chi connectivity index (χ3v) is 5.36. The van der Waals surface area contributed by atoms with Crippen LogP contribution >= 0.6 is 22.9 Å². The molecule has 1 amide bonds. The summed E-state index contributed by atoms with van der Waals surface area (Å²) in [7, 11) is 0. The molecule has 0 unspecified atom stereocenters. The smallest absolute Gasteiger partial charge is 0.234 e. The highest BCUT2D eigenvalue weighted by atomic mass is 35.5. The number of nitrogens with one attached hydrogen (secondary N) is 2. The lowest BCUT2D eigenvalue weighted by Crippen LogP contribution is -2.37. The number of halogens is 1. The topological polar surface area (TPSA) is 41.1 Å². The van der Waals surface area contributed by atoms with Gasteiger partial charge in [-0.15, -0.1) is 11.3 Å². The fourth-order valence-corrected chi connectivity index (χ4v) is 3.77. The van der Waals surface area contributed by atoms with Gasteiger partial charge in [0.25, 0.3) is 0 Å². The van der Waals surface area contributed by atoms with Crippen molar-refractivity contribution in [1.82, 2.24) is 10.6 Å². The lowest BCUT2D eigenvalue weighted by atomic mass is 10.1. The second-order valence-corrected chi connectivity index (χ2v) is 7.50. The molecule has 5 heteroatoms. The SMILES string of the molecule is C[C@@H](NCC(=O)N[C@@H](c1ccccc1)c1cccs1)c1cccc(Cl)c1. The average molecular weight is 385 g/mol. The fourth-order valence-electron chi connectivity index (χ4n) is 2.77.